The summed E-state index contributed by atoms with van der Waals surface area (Å²) in [6.45, 7) is 3.19. The van der Waals surface area contributed by atoms with Gasteiger partial charge in [-0.1, -0.05) is 18.2 Å². The van der Waals surface area contributed by atoms with Gasteiger partial charge in [-0.15, -0.1) is 11.3 Å². The van der Waals surface area contributed by atoms with Crippen LogP contribution in [0.3, 0.4) is 0 Å². The lowest BCUT2D eigenvalue weighted by Crippen LogP contribution is -1.95. The van der Waals surface area contributed by atoms with E-state index in [1.807, 2.05) is 36.6 Å². The molecule has 6 heteroatoms. The number of rotatable bonds is 7. The molecule has 2 aromatic heterocycles. The van der Waals surface area contributed by atoms with Gasteiger partial charge in [-0.05, 0) is 30.7 Å². The van der Waals surface area contributed by atoms with Crippen LogP contribution in [0.15, 0.2) is 53.6 Å². The van der Waals surface area contributed by atoms with E-state index in [-0.39, 0.29) is 5.78 Å². The smallest absolute Gasteiger partial charge is 0.189 e. The van der Waals surface area contributed by atoms with Crippen molar-refractivity contribution in [3.05, 3.63) is 70.4 Å². The maximum absolute atomic E-state index is 12.1. The van der Waals surface area contributed by atoms with Crippen molar-refractivity contribution in [2.24, 2.45) is 0 Å². The second kappa shape index (κ2) is 7.70. The van der Waals surface area contributed by atoms with Crippen LogP contribution in [0.1, 0.15) is 28.5 Å². The summed E-state index contributed by atoms with van der Waals surface area (Å²) in [6.07, 6.45) is 6.69. The van der Waals surface area contributed by atoms with Gasteiger partial charge in [-0.25, -0.2) is 4.98 Å². The van der Waals surface area contributed by atoms with E-state index in [2.05, 4.69) is 10.1 Å². The molecule has 1 aromatic carbocycles. The summed E-state index contributed by atoms with van der Waals surface area (Å²) in [5.74, 6) is 0.717. The van der Waals surface area contributed by atoms with Gasteiger partial charge < -0.3 is 4.74 Å². The molecule has 0 radical (unpaired) electrons. The zero-order valence-electron chi connectivity index (χ0n) is 13.3. The molecule has 0 spiro atoms. The average Bonchev–Trinajstić information content (AvgIpc) is 3.30. The van der Waals surface area contributed by atoms with Gasteiger partial charge in [0.15, 0.2) is 5.78 Å². The zero-order chi connectivity index (χ0) is 16.8. The van der Waals surface area contributed by atoms with E-state index in [0.29, 0.717) is 12.2 Å². The fourth-order valence-electron chi connectivity index (χ4n) is 2.07. The number of ether oxygens (including phenoxy) is 1. The Morgan fingerprint density at radius 1 is 1.33 bits per heavy atom. The Labute approximate surface area is 144 Å². The largest absolute Gasteiger partial charge is 0.487 e. The van der Waals surface area contributed by atoms with E-state index in [4.69, 9.17) is 4.74 Å². The Morgan fingerprint density at radius 2 is 2.17 bits per heavy atom. The molecule has 0 N–H and O–H groups in total. The van der Waals surface area contributed by atoms with Crippen molar-refractivity contribution in [2.45, 2.75) is 20.1 Å². The second-order valence-corrected chi connectivity index (χ2v) is 5.84. The van der Waals surface area contributed by atoms with Crippen LogP contribution in [0.25, 0.3) is 6.08 Å². The number of ketones is 1. The third-order valence-corrected chi connectivity index (χ3v) is 4.05. The molecule has 0 saturated carbocycles. The van der Waals surface area contributed by atoms with E-state index >= 15 is 0 Å². The van der Waals surface area contributed by atoms with Gasteiger partial charge in [-0.2, -0.15) is 5.10 Å². The number of aromatic nitrogens is 3. The Morgan fingerprint density at radius 3 is 2.83 bits per heavy atom. The molecule has 0 bridgehead atoms. The van der Waals surface area contributed by atoms with Crippen molar-refractivity contribution in [1.29, 1.82) is 0 Å². The van der Waals surface area contributed by atoms with Crippen LogP contribution in [0.2, 0.25) is 0 Å². The van der Waals surface area contributed by atoms with Gasteiger partial charge in [0.1, 0.15) is 12.4 Å². The number of allylic oxidation sites excluding steroid dienone is 1. The first-order valence-corrected chi connectivity index (χ1v) is 8.53. The highest BCUT2D eigenvalue weighted by atomic mass is 32.1. The molecule has 0 aliphatic heterocycles. The SMILES string of the molecule is CCn1cc(C(=O)/C=C/c2ccc(OCc3cscn3)cc2)cn1. The molecule has 3 aromatic rings. The highest BCUT2D eigenvalue weighted by Gasteiger charge is 2.04. The average molecular weight is 339 g/mol. The van der Waals surface area contributed by atoms with Crippen molar-refractivity contribution in [2.75, 3.05) is 0 Å². The Kier molecular flexibility index (Phi) is 5.18. The minimum Gasteiger partial charge on any atom is -0.487 e. The Hall–Kier alpha value is -2.73. The molecule has 122 valence electrons. The Bertz CT molecular complexity index is 820. The highest BCUT2D eigenvalue weighted by Crippen LogP contribution is 2.15. The van der Waals surface area contributed by atoms with Crippen LogP contribution in [-0.2, 0) is 13.2 Å². The molecule has 0 saturated heterocycles. The highest BCUT2D eigenvalue weighted by molar-refractivity contribution is 7.07. The van der Waals surface area contributed by atoms with Crippen LogP contribution in [0, 0.1) is 0 Å². The molecule has 0 amide bonds. The lowest BCUT2D eigenvalue weighted by molar-refractivity contribution is 0.104. The van der Waals surface area contributed by atoms with E-state index in [0.717, 1.165) is 23.6 Å². The molecule has 0 fully saturated rings. The second-order valence-electron chi connectivity index (χ2n) is 5.12. The molecular weight excluding hydrogens is 322 g/mol. The monoisotopic (exact) mass is 339 g/mol. The van der Waals surface area contributed by atoms with Crippen LogP contribution in [0.4, 0.5) is 0 Å². The van der Waals surface area contributed by atoms with Gasteiger partial charge in [0.05, 0.1) is 23.0 Å². The van der Waals surface area contributed by atoms with Gasteiger partial charge in [0.2, 0.25) is 0 Å². The van der Waals surface area contributed by atoms with Crippen molar-refractivity contribution in [1.82, 2.24) is 14.8 Å². The lowest BCUT2D eigenvalue weighted by Gasteiger charge is -2.04. The fourth-order valence-corrected chi connectivity index (χ4v) is 2.62. The molecule has 2 heterocycles. The number of carbonyl (C=O) groups is 1. The maximum atomic E-state index is 12.1. The molecular formula is C18H17N3O2S. The van der Waals surface area contributed by atoms with Gasteiger partial charge >= 0.3 is 0 Å². The standard InChI is InChI=1S/C18H17N3O2S/c1-2-21-10-15(9-20-21)18(22)8-5-14-3-6-17(7-4-14)23-11-16-12-24-13-19-16/h3-10,12-13H,2,11H2,1H3/b8-5+. The van der Waals surface area contributed by atoms with Crippen LogP contribution >= 0.6 is 11.3 Å². The Balaban J connectivity index is 1.57. The first-order valence-electron chi connectivity index (χ1n) is 7.59. The number of carbonyl (C=O) groups excluding carboxylic acids is 1. The maximum Gasteiger partial charge on any atom is 0.189 e. The topological polar surface area (TPSA) is 57.0 Å². The summed E-state index contributed by atoms with van der Waals surface area (Å²) in [5.41, 5.74) is 4.24. The van der Waals surface area contributed by atoms with E-state index < -0.39 is 0 Å². The van der Waals surface area contributed by atoms with Crippen molar-refractivity contribution >= 4 is 23.2 Å². The van der Waals surface area contributed by atoms with Crippen molar-refractivity contribution < 1.29 is 9.53 Å². The molecule has 24 heavy (non-hydrogen) atoms. The third kappa shape index (κ3) is 4.17. The summed E-state index contributed by atoms with van der Waals surface area (Å²) in [7, 11) is 0. The summed E-state index contributed by atoms with van der Waals surface area (Å²) in [4.78, 5) is 16.2. The number of aryl methyl sites for hydroxylation is 1. The van der Waals surface area contributed by atoms with Crippen molar-refractivity contribution in [3.63, 3.8) is 0 Å². The van der Waals surface area contributed by atoms with E-state index in [1.54, 1.807) is 46.1 Å². The van der Waals surface area contributed by atoms with Crippen LogP contribution in [0.5, 0.6) is 5.75 Å². The van der Waals surface area contributed by atoms with E-state index in [9.17, 15) is 4.79 Å². The summed E-state index contributed by atoms with van der Waals surface area (Å²) >= 11 is 1.55. The molecule has 3 rings (SSSR count). The molecule has 0 aliphatic carbocycles. The van der Waals surface area contributed by atoms with Crippen molar-refractivity contribution in [3.8, 4) is 5.75 Å². The van der Waals surface area contributed by atoms with Crippen LogP contribution < -0.4 is 4.74 Å². The fraction of sp³-hybridized carbons (Fsp3) is 0.167. The minimum atomic E-state index is -0.0569. The molecule has 0 atom stereocenters. The zero-order valence-corrected chi connectivity index (χ0v) is 14.1. The number of benzene rings is 1. The lowest BCUT2D eigenvalue weighted by atomic mass is 10.1. The van der Waals surface area contributed by atoms with Gasteiger partial charge in [0, 0.05) is 18.1 Å². The number of hydrogen-bond acceptors (Lipinski definition) is 5. The number of hydrogen-bond donors (Lipinski definition) is 0. The summed E-state index contributed by atoms with van der Waals surface area (Å²) in [5, 5.41) is 6.07. The molecule has 5 nitrogen and oxygen atoms in total. The van der Waals surface area contributed by atoms with Crippen LogP contribution in [-0.4, -0.2) is 20.5 Å². The minimum absolute atomic E-state index is 0.0569. The van der Waals surface area contributed by atoms with Gasteiger partial charge in [0.25, 0.3) is 0 Å². The summed E-state index contributed by atoms with van der Waals surface area (Å²) in [6, 6.07) is 7.59. The summed E-state index contributed by atoms with van der Waals surface area (Å²) < 4.78 is 7.39. The first-order chi connectivity index (χ1) is 11.7. The first kappa shape index (κ1) is 16.1. The molecule has 0 unspecified atom stereocenters. The normalized spacial score (nSPS) is 11.0. The number of nitrogens with zero attached hydrogens (tertiary/aromatic N) is 3. The number of thiazole rings is 1. The predicted octanol–water partition coefficient (Wildman–Crippen LogP) is 3.83. The third-order valence-electron chi connectivity index (χ3n) is 3.42. The van der Waals surface area contributed by atoms with E-state index in [1.165, 1.54) is 0 Å². The predicted molar refractivity (Wildman–Crippen MR) is 94.2 cm³/mol. The quantitative estimate of drug-likeness (QED) is 0.485. The van der Waals surface area contributed by atoms with Gasteiger partial charge in [-0.3, -0.25) is 9.48 Å². The molecule has 0 aliphatic rings.